The highest BCUT2D eigenvalue weighted by molar-refractivity contribution is 5.43. The maximum absolute atomic E-state index is 10.2. The zero-order valence-corrected chi connectivity index (χ0v) is 12.0. The first kappa shape index (κ1) is 15.1. The molecule has 0 radical (unpaired) electrons. The fraction of sp³-hybridized carbons (Fsp3) is 0.600. The lowest BCUT2D eigenvalue weighted by Gasteiger charge is -2.17. The quantitative estimate of drug-likeness (QED) is 0.831. The Morgan fingerprint density at radius 1 is 1.15 bits per heavy atom. The van der Waals surface area contributed by atoms with Crippen molar-refractivity contribution >= 4 is 0 Å². The van der Waals surface area contributed by atoms with E-state index in [-0.39, 0.29) is 6.29 Å². The molecule has 1 heterocycles. The van der Waals surface area contributed by atoms with E-state index in [1.807, 2.05) is 32.0 Å². The SMILES string of the molecule is CCOc1ccc(C(O)CC2OCCO2)cc1OCC. The molecule has 1 atom stereocenters. The van der Waals surface area contributed by atoms with Gasteiger partial charge >= 0.3 is 0 Å². The fourth-order valence-electron chi connectivity index (χ4n) is 2.14. The number of aliphatic hydroxyl groups excluding tert-OH is 1. The van der Waals surface area contributed by atoms with Crippen LogP contribution in [0.1, 0.15) is 31.9 Å². The number of aliphatic hydroxyl groups is 1. The van der Waals surface area contributed by atoms with E-state index < -0.39 is 6.10 Å². The number of benzene rings is 1. The van der Waals surface area contributed by atoms with E-state index in [2.05, 4.69) is 0 Å². The summed E-state index contributed by atoms with van der Waals surface area (Å²) in [4.78, 5) is 0. The Morgan fingerprint density at radius 3 is 2.45 bits per heavy atom. The minimum absolute atomic E-state index is 0.327. The highest BCUT2D eigenvalue weighted by Gasteiger charge is 2.22. The molecule has 1 unspecified atom stereocenters. The van der Waals surface area contributed by atoms with Crippen LogP contribution in [0.15, 0.2) is 18.2 Å². The van der Waals surface area contributed by atoms with Crippen molar-refractivity contribution < 1.29 is 24.1 Å². The Hall–Kier alpha value is -1.30. The molecule has 112 valence electrons. The van der Waals surface area contributed by atoms with Crippen molar-refractivity contribution in [2.75, 3.05) is 26.4 Å². The third-order valence-electron chi connectivity index (χ3n) is 3.06. The van der Waals surface area contributed by atoms with Crippen molar-refractivity contribution in [2.24, 2.45) is 0 Å². The van der Waals surface area contributed by atoms with Gasteiger partial charge in [-0.15, -0.1) is 0 Å². The molecule has 1 N–H and O–H groups in total. The van der Waals surface area contributed by atoms with E-state index in [0.29, 0.717) is 44.3 Å². The first-order valence-electron chi connectivity index (χ1n) is 7.05. The van der Waals surface area contributed by atoms with Gasteiger partial charge < -0.3 is 24.1 Å². The lowest BCUT2D eigenvalue weighted by Crippen LogP contribution is -2.13. The molecule has 1 aliphatic rings. The summed E-state index contributed by atoms with van der Waals surface area (Å²) in [5, 5.41) is 10.2. The second-order valence-electron chi connectivity index (χ2n) is 4.49. The zero-order chi connectivity index (χ0) is 14.4. The van der Waals surface area contributed by atoms with Crippen LogP contribution in [0.25, 0.3) is 0 Å². The number of hydrogen-bond donors (Lipinski definition) is 1. The van der Waals surface area contributed by atoms with Crippen LogP contribution in [0.5, 0.6) is 11.5 Å². The molecular formula is C15H22O5. The molecule has 1 aromatic carbocycles. The van der Waals surface area contributed by atoms with Gasteiger partial charge in [-0.2, -0.15) is 0 Å². The first-order valence-corrected chi connectivity index (χ1v) is 7.05. The zero-order valence-electron chi connectivity index (χ0n) is 12.0. The van der Waals surface area contributed by atoms with E-state index in [9.17, 15) is 5.11 Å². The lowest BCUT2D eigenvalue weighted by molar-refractivity contribution is -0.0708. The molecule has 5 heteroatoms. The third-order valence-corrected chi connectivity index (χ3v) is 3.06. The van der Waals surface area contributed by atoms with Gasteiger partial charge in [-0.3, -0.25) is 0 Å². The average Bonchev–Trinajstić information content (AvgIpc) is 2.94. The molecule has 1 fully saturated rings. The summed E-state index contributed by atoms with van der Waals surface area (Å²) >= 11 is 0. The molecule has 0 aromatic heterocycles. The van der Waals surface area contributed by atoms with Gasteiger partial charge in [-0.05, 0) is 31.5 Å². The first-order chi connectivity index (χ1) is 9.74. The minimum atomic E-state index is -0.645. The lowest BCUT2D eigenvalue weighted by atomic mass is 10.1. The van der Waals surface area contributed by atoms with Crippen LogP contribution in [0, 0.1) is 0 Å². The van der Waals surface area contributed by atoms with Gasteiger partial charge in [0.15, 0.2) is 17.8 Å². The van der Waals surface area contributed by atoms with Crippen molar-refractivity contribution in [2.45, 2.75) is 32.7 Å². The minimum Gasteiger partial charge on any atom is -0.490 e. The van der Waals surface area contributed by atoms with Gasteiger partial charge in [0.25, 0.3) is 0 Å². The van der Waals surface area contributed by atoms with E-state index in [0.717, 1.165) is 5.56 Å². The standard InChI is InChI=1S/C15H22O5/c1-3-17-13-6-5-11(9-14(13)18-4-2)12(16)10-15-19-7-8-20-15/h5-6,9,12,15-16H,3-4,7-8,10H2,1-2H3. The molecule has 5 nitrogen and oxygen atoms in total. The molecule has 20 heavy (non-hydrogen) atoms. The van der Waals surface area contributed by atoms with Crippen LogP contribution in [0.3, 0.4) is 0 Å². The summed E-state index contributed by atoms with van der Waals surface area (Å²) in [6.07, 6.45) is -0.556. The molecule has 0 amide bonds. The van der Waals surface area contributed by atoms with Gasteiger partial charge in [0.1, 0.15) is 0 Å². The highest BCUT2D eigenvalue weighted by Crippen LogP contribution is 2.32. The molecule has 2 rings (SSSR count). The smallest absolute Gasteiger partial charge is 0.161 e. The monoisotopic (exact) mass is 282 g/mol. The summed E-state index contributed by atoms with van der Waals surface area (Å²) in [5.41, 5.74) is 0.774. The maximum atomic E-state index is 10.2. The maximum Gasteiger partial charge on any atom is 0.161 e. The Kier molecular flexibility index (Phi) is 5.64. The van der Waals surface area contributed by atoms with E-state index in [1.54, 1.807) is 0 Å². The second kappa shape index (κ2) is 7.47. The summed E-state index contributed by atoms with van der Waals surface area (Å²) in [6, 6.07) is 5.48. The Morgan fingerprint density at radius 2 is 1.80 bits per heavy atom. The average molecular weight is 282 g/mol. The summed E-state index contributed by atoms with van der Waals surface area (Å²) in [5.74, 6) is 1.35. The van der Waals surface area contributed by atoms with Crippen LogP contribution in [-0.2, 0) is 9.47 Å². The van der Waals surface area contributed by atoms with E-state index >= 15 is 0 Å². The third kappa shape index (κ3) is 3.85. The van der Waals surface area contributed by atoms with Crippen molar-refractivity contribution in [1.29, 1.82) is 0 Å². The topological polar surface area (TPSA) is 57.2 Å². The van der Waals surface area contributed by atoms with Gasteiger partial charge in [-0.1, -0.05) is 6.07 Å². The van der Waals surface area contributed by atoms with Gasteiger partial charge in [0.2, 0.25) is 0 Å². The van der Waals surface area contributed by atoms with Crippen molar-refractivity contribution in [3.63, 3.8) is 0 Å². The summed E-state index contributed by atoms with van der Waals surface area (Å²) < 4.78 is 21.7. The number of ether oxygens (including phenoxy) is 4. The summed E-state index contributed by atoms with van der Waals surface area (Å²) in [7, 11) is 0. The molecule has 1 aliphatic heterocycles. The van der Waals surface area contributed by atoms with E-state index in [1.165, 1.54) is 0 Å². The van der Waals surface area contributed by atoms with Crippen LogP contribution in [0.2, 0.25) is 0 Å². The van der Waals surface area contributed by atoms with E-state index in [4.69, 9.17) is 18.9 Å². The molecule has 1 aromatic rings. The van der Waals surface area contributed by atoms with Crippen LogP contribution in [-0.4, -0.2) is 37.8 Å². The summed E-state index contributed by atoms with van der Waals surface area (Å²) in [6.45, 7) is 6.14. The molecule has 0 aliphatic carbocycles. The Bertz CT molecular complexity index is 415. The number of hydrogen-bond acceptors (Lipinski definition) is 5. The van der Waals surface area contributed by atoms with Gasteiger partial charge in [0, 0.05) is 6.42 Å². The number of rotatable bonds is 7. The molecule has 0 spiro atoms. The molecular weight excluding hydrogens is 260 g/mol. The second-order valence-corrected chi connectivity index (χ2v) is 4.49. The predicted molar refractivity (Wildman–Crippen MR) is 74.0 cm³/mol. The predicted octanol–water partition coefficient (Wildman–Crippen LogP) is 2.28. The Labute approximate surface area is 119 Å². The fourth-order valence-corrected chi connectivity index (χ4v) is 2.14. The van der Waals surface area contributed by atoms with Crippen molar-refractivity contribution in [1.82, 2.24) is 0 Å². The normalized spacial score (nSPS) is 17.1. The van der Waals surface area contributed by atoms with Gasteiger partial charge in [-0.25, -0.2) is 0 Å². The van der Waals surface area contributed by atoms with Crippen molar-refractivity contribution in [3.05, 3.63) is 23.8 Å². The molecule has 0 bridgehead atoms. The molecule has 1 saturated heterocycles. The molecule has 0 saturated carbocycles. The van der Waals surface area contributed by atoms with Crippen molar-refractivity contribution in [3.8, 4) is 11.5 Å². The van der Waals surface area contributed by atoms with Crippen LogP contribution >= 0.6 is 0 Å². The highest BCUT2D eigenvalue weighted by atomic mass is 16.7. The largest absolute Gasteiger partial charge is 0.490 e. The Balaban J connectivity index is 2.07. The van der Waals surface area contributed by atoms with Gasteiger partial charge in [0.05, 0.1) is 32.5 Å². The van der Waals surface area contributed by atoms with Crippen LogP contribution < -0.4 is 9.47 Å². The van der Waals surface area contributed by atoms with Crippen LogP contribution in [0.4, 0.5) is 0 Å².